The minimum Gasteiger partial charge on any atom is -0.311 e. The Hall–Kier alpha value is -15.9. The quantitative estimate of drug-likeness (QED) is 0.101. The van der Waals surface area contributed by atoms with E-state index in [1.54, 1.807) is 0 Å². The number of benzene rings is 22. The Morgan fingerprint density at radius 2 is 0.500 bits per heavy atom. The summed E-state index contributed by atoms with van der Waals surface area (Å²) in [5.74, 6) is 0. The van der Waals surface area contributed by atoms with Crippen LogP contribution in [0.15, 0.2) is 461 Å². The molecule has 24 rings (SSSR count). The van der Waals surface area contributed by atoms with Gasteiger partial charge in [0.2, 0.25) is 0 Å². The Balaban J connectivity index is 0.000000145. The van der Waals surface area contributed by atoms with Crippen molar-refractivity contribution in [3.8, 4) is 78.1 Å². The lowest BCUT2D eigenvalue weighted by atomic mass is 9.88. The standard InChI is InChI=1S/C64H42N2.C52H34N2/c1-6-16-43(17-7-1)48-31-37-61-59(41-48)60-42-49-27-26-47-30-34-56(57-35-36-58(63(49)62(47)57)64(60)66(61)53-24-14-5-15-25-53)46-28-32-54(33-29-46)65(52-22-12-4-13-23-52)55-39-50(44-18-8-2-9-19-44)38-51(40-55)45-20-10-3-11-21-45;1-5-13-35(14-6-1)38-26-32-49-47(33-38)48-34-39-22-21-37-25-29-44(45-30-31-46(51(39)50(37)45)52(48)54(49)42-19-11-4-12-20-42)36-23-27-43(28-24-36)53(40-15-7-2-8-16-40)41-17-9-3-10-18-41/h1-42H;1-34H/i;1D,5D,6D,13D,14D. The van der Waals surface area contributed by atoms with Crippen LogP contribution in [0.5, 0.6) is 0 Å². The van der Waals surface area contributed by atoms with Crippen molar-refractivity contribution in [1.29, 1.82) is 0 Å². The molecule has 0 radical (unpaired) electrons. The summed E-state index contributed by atoms with van der Waals surface area (Å²) in [6.07, 6.45) is 0. The van der Waals surface area contributed by atoms with Gasteiger partial charge in [0.25, 0.3) is 0 Å². The second-order valence-corrected chi connectivity index (χ2v) is 31.1. The maximum absolute atomic E-state index is 8.73. The van der Waals surface area contributed by atoms with E-state index in [0.717, 1.165) is 89.2 Å². The van der Waals surface area contributed by atoms with Gasteiger partial charge in [0.1, 0.15) is 0 Å². The lowest BCUT2D eigenvalue weighted by molar-refractivity contribution is 1.19. The van der Waals surface area contributed by atoms with Crippen LogP contribution in [0.2, 0.25) is 0 Å². The van der Waals surface area contributed by atoms with Crippen LogP contribution in [0.4, 0.5) is 34.1 Å². The summed E-state index contributed by atoms with van der Waals surface area (Å²) in [5, 5.41) is 19.1. The molecule has 0 atom stereocenters. The fourth-order valence-corrected chi connectivity index (χ4v) is 18.8. The number of nitrogens with zero attached hydrogens (tertiary/aromatic N) is 4. The smallest absolute Gasteiger partial charge is 0.0629 e. The zero-order valence-electron chi connectivity index (χ0n) is 70.3. The third-order valence-corrected chi connectivity index (χ3v) is 24.2. The van der Waals surface area contributed by atoms with Crippen molar-refractivity contribution >= 4 is 142 Å². The second-order valence-electron chi connectivity index (χ2n) is 31.1. The first-order valence-corrected chi connectivity index (χ1v) is 40.9. The average Bonchev–Trinajstić information content (AvgIpc) is 1.67. The Labute approximate surface area is 702 Å². The van der Waals surface area contributed by atoms with E-state index in [1.165, 1.54) is 120 Å². The summed E-state index contributed by atoms with van der Waals surface area (Å²) < 4.78 is 47.1. The van der Waals surface area contributed by atoms with Crippen molar-refractivity contribution in [2.24, 2.45) is 0 Å². The molecule has 120 heavy (non-hydrogen) atoms. The van der Waals surface area contributed by atoms with E-state index >= 15 is 0 Å². The fraction of sp³-hybridized carbons (Fsp3) is 0. The van der Waals surface area contributed by atoms with Crippen LogP contribution in [-0.2, 0) is 0 Å². The van der Waals surface area contributed by atoms with Gasteiger partial charge < -0.3 is 18.9 Å². The van der Waals surface area contributed by atoms with Crippen LogP contribution in [0.25, 0.3) is 186 Å². The molecule has 0 saturated carbocycles. The molecule has 560 valence electrons. The van der Waals surface area contributed by atoms with Gasteiger partial charge in [-0.15, -0.1) is 0 Å². The normalized spacial score (nSPS) is 12.2. The van der Waals surface area contributed by atoms with Crippen LogP contribution >= 0.6 is 0 Å². The first kappa shape index (κ1) is 64.4. The van der Waals surface area contributed by atoms with Crippen LogP contribution in [0, 0.1) is 0 Å². The van der Waals surface area contributed by atoms with E-state index in [-0.39, 0.29) is 29.7 Å². The molecule has 0 fully saturated rings. The minimum absolute atomic E-state index is 0.199. The number of rotatable bonds is 14. The number of hydrogen-bond donors (Lipinski definition) is 0. The molecule has 0 aliphatic heterocycles. The predicted octanol–water partition coefficient (Wildman–Crippen LogP) is 32.3. The summed E-state index contributed by atoms with van der Waals surface area (Å²) in [5.41, 5.74) is 25.9. The third kappa shape index (κ3) is 11.9. The van der Waals surface area contributed by atoms with Gasteiger partial charge in [-0.3, -0.25) is 0 Å². The predicted molar refractivity (Wildman–Crippen MR) is 511 cm³/mol. The number of aromatic nitrogens is 2. The molecule has 0 spiro atoms. The molecule has 0 N–H and O–H groups in total. The molecule has 0 amide bonds. The summed E-state index contributed by atoms with van der Waals surface area (Å²) in [6, 6.07) is 153. The summed E-state index contributed by atoms with van der Waals surface area (Å²) in [4.78, 5) is 4.66. The Morgan fingerprint density at radius 1 is 0.183 bits per heavy atom. The van der Waals surface area contributed by atoms with E-state index < -0.39 is 6.04 Å². The number of hydrogen-bond acceptors (Lipinski definition) is 2. The molecule has 0 aliphatic rings. The van der Waals surface area contributed by atoms with E-state index in [2.05, 4.69) is 401 Å². The molecule has 0 saturated heterocycles. The first-order chi connectivity index (χ1) is 61.6. The van der Waals surface area contributed by atoms with E-state index in [1.807, 2.05) is 48.5 Å². The van der Waals surface area contributed by atoms with Gasteiger partial charge in [0.15, 0.2) is 0 Å². The number of para-hydroxylation sites is 5. The highest BCUT2D eigenvalue weighted by Gasteiger charge is 2.25. The van der Waals surface area contributed by atoms with Crippen LogP contribution in [-0.4, -0.2) is 9.13 Å². The molecule has 4 nitrogen and oxygen atoms in total. The molecule has 22 aromatic carbocycles. The molecule has 4 heteroatoms. The van der Waals surface area contributed by atoms with Gasteiger partial charge in [-0.25, -0.2) is 0 Å². The highest BCUT2D eigenvalue weighted by atomic mass is 15.1. The SMILES string of the molecule is [2H]c1c([2H])c([2H])c(-c2ccc3c(c2)c2cc4ccc5ccc(-c6ccc(N(c7ccccc7)c7ccccc7)cc6)c6ccc(c4c56)c2n3-c2ccccc2)c([2H])c1[2H].c1ccc(-c2cc(-c3ccccc3)cc(N(c3ccccc3)c3ccc(-c4ccc5ccc6cc7c8cc(-c9ccccc9)ccc8n(-c8ccccc8)c7c7ccc4c5c67)cc3)c2)cc1. The Kier molecular flexibility index (Phi) is 15.6. The van der Waals surface area contributed by atoms with Crippen LogP contribution in [0.1, 0.15) is 6.85 Å². The monoisotopic (exact) mass is 1530 g/mol. The highest BCUT2D eigenvalue weighted by Crippen LogP contribution is 2.50. The number of anilines is 6. The van der Waals surface area contributed by atoms with Gasteiger partial charge in [-0.05, 0) is 260 Å². The van der Waals surface area contributed by atoms with Crippen LogP contribution in [0.3, 0.4) is 0 Å². The van der Waals surface area contributed by atoms with Crippen molar-refractivity contribution in [3.05, 3.63) is 461 Å². The van der Waals surface area contributed by atoms with E-state index in [0.29, 0.717) is 5.56 Å². The lowest BCUT2D eigenvalue weighted by Crippen LogP contribution is -2.10. The van der Waals surface area contributed by atoms with Gasteiger partial charge in [-0.1, -0.05) is 321 Å². The third-order valence-electron chi connectivity index (χ3n) is 24.2. The van der Waals surface area contributed by atoms with Gasteiger partial charge >= 0.3 is 0 Å². The Morgan fingerprint density at radius 3 is 0.908 bits per heavy atom. The molecule has 2 heterocycles. The lowest BCUT2D eigenvalue weighted by Gasteiger charge is -2.27. The molecule has 0 unspecified atom stereocenters. The second kappa shape index (κ2) is 29.1. The maximum atomic E-state index is 8.73. The molecule has 24 aromatic rings. The van der Waals surface area contributed by atoms with Crippen molar-refractivity contribution in [2.75, 3.05) is 9.80 Å². The number of fused-ring (bicyclic) bond motifs is 8. The molecular weight excluding hydrogens is 1450 g/mol. The van der Waals surface area contributed by atoms with E-state index in [4.69, 9.17) is 6.85 Å². The fourth-order valence-electron chi connectivity index (χ4n) is 18.8. The minimum atomic E-state index is -0.396. The Bertz CT molecular complexity index is 8150. The summed E-state index contributed by atoms with van der Waals surface area (Å²) in [6.45, 7) is 0. The van der Waals surface area contributed by atoms with Gasteiger partial charge in [0, 0.05) is 77.8 Å². The zero-order chi connectivity index (χ0) is 83.5. The van der Waals surface area contributed by atoms with Crippen molar-refractivity contribution in [1.82, 2.24) is 9.13 Å². The topological polar surface area (TPSA) is 16.3 Å². The summed E-state index contributed by atoms with van der Waals surface area (Å²) >= 11 is 0. The van der Waals surface area contributed by atoms with Crippen molar-refractivity contribution < 1.29 is 6.85 Å². The molecule has 2 aromatic heterocycles. The van der Waals surface area contributed by atoms with E-state index in [9.17, 15) is 0 Å². The van der Waals surface area contributed by atoms with Gasteiger partial charge in [0.05, 0.1) is 28.9 Å². The maximum Gasteiger partial charge on any atom is 0.0629 e. The van der Waals surface area contributed by atoms with Crippen molar-refractivity contribution in [2.45, 2.75) is 0 Å². The van der Waals surface area contributed by atoms with Crippen molar-refractivity contribution in [3.63, 3.8) is 0 Å². The highest BCUT2D eigenvalue weighted by molar-refractivity contribution is 6.35. The molecule has 0 aliphatic carbocycles. The summed E-state index contributed by atoms with van der Waals surface area (Å²) in [7, 11) is 0. The first-order valence-electron chi connectivity index (χ1n) is 43.4. The van der Waals surface area contributed by atoms with Gasteiger partial charge in [-0.2, -0.15) is 0 Å². The molecular formula is C116H76N4. The zero-order valence-corrected chi connectivity index (χ0v) is 65.3. The average molecular weight is 1530 g/mol. The molecule has 0 bridgehead atoms. The van der Waals surface area contributed by atoms with Crippen LogP contribution < -0.4 is 9.80 Å². The largest absolute Gasteiger partial charge is 0.311 e.